The topological polar surface area (TPSA) is 112 Å². The number of thioether (sulfide) groups is 1. The lowest BCUT2D eigenvalue weighted by atomic mass is 9.80. The predicted octanol–water partition coefficient (Wildman–Crippen LogP) is 2.63. The minimum atomic E-state index is -0.795. The van der Waals surface area contributed by atoms with Crippen LogP contribution in [-0.2, 0) is 35.1 Å². The van der Waals surface area contributed by atoms with Crippen molar-refractivity contribution >= 4 is 29.7 Å². The van der Waals surface area contributed by atoms with Crippen molar-refractivity contribution in [3.05, 3.63) is 35.9 Å². The summed E-state index contributed by atoms with van der Waals surface area (Å²) in [5.74, 6) is -1.46. The monoisotopic (exact) mass is 494 g/mol. The summed E-state index contributed by atoms with van der Waals surface area (Å²) in [6.07, 6.45) is 3.09. The maximum absolute atomic E-state index is 13.2. The van der Waals surface area contributed by atoms with Crippen molar-refractivity contribution in [3.8, 4) is 0 Å². The Bertz CT molecular complexity index is 817. The largest absolute Gasteiger partial charge is 0.466 e. The standard InChI is InChI=1S/C24H34N2O7S/c1-3-30-22(28)18-15-24(32-12-13-33-24)11-9-19(18)25-21(27)20(10-14-34-2)26-23(29)31-16-17-7-5-4-6-8-17/h4-8,18-20H,3,9-16H2,1-2H3,(H,25,27)(H,26,29)/t18-,19?,20+/m1/s1. The molecule has 2 N–H and O–H groups in total. The Kier molecular flexibility index (Phi) is 10.0. The van der Waals surface area contributed by atoms with E-state index in [1.54, 1.807) is 18.7 Å². The Morgan fingerprint density at radius 2 is 1.91 bits per heavy atom. The van der Waals surface area contributed by atoms with Crippen LogP contribution in [0.5, 0.6) is 0 Å². The van der Waals surface area contributed by atoms with Crippen LogP contribution in [0.4, 0.5) is 4.79 Å². The summed E-state index contributed by atoms with van der Waals surface area (Å²) >= 11 is 1.58. The summed E-state index contributed by atoms with van der Waals surface area (Å²) in [7, 11) is 0. The quantitative estimate of drug-likeness (QED) is 0.478. The van der Waals surface area contributed by atoms with Crippen LogP contribution in [0.25, 0.3) is 0 Å². The fraction of sp³-hybridized carbons (Fsp3) is 0.625. The molecule has 2 fully saturated rings. The zero-order chi connectivity index (χ0) is 24.4. The third-order valence-electron chi connectivity index (χ3n) is 6.02. The summed E-state index contributed by atoms with van der Waals surface area (Å²) in [5.41, 5.74) is 0.854. The first kappa shape index (κ1) is 26.3. The molecule has 1 spiro atoms. The van der Waals surface area contributed by atoms with Crippen molar-refractivity contribution in [2.75, 3.05) is 31.8 Å². The van der Waals surface area contributed by atoms with Gasteiger partial charge in [0.15, 0.2) is 5.79 Å². The molecule has 188 valence electrons. The molecular formula is C24H34N2O7S. The molecule has 0 radical (unpaired) electrons. The molecule has 9 nitrogen and oxygen atoms in total. The fourth-order valence-electron chi connectivity index (χ4n) is 4.28. The highest BCUT2D eigenvalue weighted by Crippen LogP contribution is 2.39. The van der Waals surface area contributed by atoms with Crippen LogP contribution in [0, 0.1) is 5.92 Å². The third-order valence-corrected chi connectivity index (χ3v) is 6.66. The lowest BCUT2D eigenvalue weighted by Gasteiger charge is -2.40. The van der Waals surface area contributed by atoms with Gasteiger partial charge in [-0.2, -0.15) is 11.8 Å². The maximum atomic E-state index is 13.2. The lowest BCUT2D eigenvalue weighted by Crippen LogP contribution is -2.56. The highest BCUT2D eigenvalue weighted by Gasteiger charge is 2.48. The van der Waals surface area contributed by atoms with Gasteiger partial charge in [0.25, 0.3) is 0 Å². The van der Waals surface area contributed by atoms with E-state index in [9.17, 15) is 14.4 Å². The van der Waals surface area contributed by atoms with Gasteiger partial charge in [-0.25, -0.2) is 4.79 Å². The Morgan fingerprint density at radius 1 is 1.18 bits per heavy atom. The number of benzene rings is 1. The number of esters is 1. The molecule has 1 heterocycles. The van der Waals surface area contributed by atoms with Crippen LogP contribution < -0.4 is 10.6 Å². The number of rotatable bonds is 10. The minimum absolute atomic E-state index is 0.110. The van der Waals surface area contributed by atoms with Crippen LogP contribution in [0.2, 0.25) is 0 Å². The fourth-order valence-corrected chi connectivity index (χ4v) is 4.75. The number of hydrogen-bond donors (Lipinski definition) is 2. The highest BCUT2D eigenvalue weighted by atomic mass is 32.2. The van der Waals surface area contributed by atoms with Gasteiger partial charge in [-0.3, -0.25) is 9.59 Å². The van der Waals surface area contributed by atoms with Crippen LogP contribution in [0.15, 0.2) is 30.3 Å². The predicted molar refractivity (Wildman–Crippen MR) is 127 cm³/mol. The molecule has 1 aliphatic carbocycles. The van der Waals surface area contributed by atoms with Gasteiger partial charge in [0.05, 0.1) is 25.7 Å². The SMILES string of the molecule is CCOC(=O)[C@@H]1CC2(CCC1NC(=O)[C@H](CCSC)NC(=O)OCc1ccccc1)OCCO2. The van der Waals surface area contributed by atoms with Crippen LogP contribution in [0.1, 0.15) is 38.2 Å². The number of amides is 2. The summed E-state index contributed by atoms with van der Waals surface area (Å²) < 4.78 is 22.1. The van der Waals surface area contributed by atoms with E-state index in [0.29, 0.717) is 44.6 Å². The van der Waals surface area contributed by atoms with E-state index in [0.717, 1.165) is 5.56 Å². The van der Waals surface area contributed by atoms with Gasteiger partial charge >= 0.3 is 12.1 Å². The first-order chi connectivity index (χ1) is 16.5. The average Bonchev–Trinajstić information content (AvgIpc) is 3.30. The Hall–Kier alpha value is -2.30. The number of hydrogen-bond acceptors (Lipinski definition) is 8. The normalized spacial score (nSPS) is 22.1. The Labute approximate surface area is 204 Å². The molecule has 1 aliphatic heterocycles. The van der Waals surface area contributed by atoms with Crippen molar-refractivity contribution < 1.29 is 33.3 Å². The van der Waals surface area contributed by atoms with E-state index in [4.69, 9.17) is 18.9 Å². The first-order valence-electron chi connectivity index (χ1n) is 11.7. The van der Waals surface area contributed by atoms with Gasteiger partial charge < -0.3 is 29.6 Å². The second-order valence-corrected chi connectivity index (χ2v) is 9.35. The highest BCUT2D eigenvalue weighted by molar-refractivity contribution is 7.98. The van der Waals surface area contributed by atoms with E-state index in [1.165, 1.54) is 0 Å². The minimum Gasteiger partial charge on any atom is -0.466 e. The molecule has 10 heteroatoms. The second kappa shape index (κ2) is 13.0. The molecule has 1 aromatic carbocycles. The molecule has 1 saturated carbocycles. The molecule has 1 unspecified atom stereocenters. The van der Waals surface area contributed by atoms with Crippen molar-refractivity contribution in [1.29, 1.82) is 0 Å². The molecular weight excluding hydrogens is 460 g/mol. The molecule has 0 aromatic heterocycles. The van der Waals surface area contributed by atoms with Gasteiger partial charge in [0.2, 0.25) is 5.91 Å². The van der Waals surface area contributed by atoms with E-state index >= 15 is 0 Å². The van der Waals surface area contributed by atoms with E-state index < -0.39 is 29.9 Å². The maximum Gasteiger partial charge on any atom is 0.408 e. The van der Waals surface area contributed by atoms with E-state index in [-0.39, 0.29) is 25.1 Å². The third kappa shape index (κ3) is 7.35. The van der Waals surface area contributed by atoms with E-state index in [2.05, 4.69) is 10.6 Å². The summed E-state index contributed by atoms with van der Waals surface area (Å²) in [4.78, 5) is 38.2. The van der Waals surface area contributed by atoms with Crippen LogP contribution >= 0.6 is 11.8 Å². The molecule has 34 heavy (non-hydrogen) atoms. The second-order valence-electron chi connectivity index (χ2n) is 8.36. The zero-order valence-electron chi connectivity index (χ0n) is 19.7. The van der Waals surface area contributed by atoms with Crippen LogP contribution in [0.3, 0.4) is 0 Å². The van der Waals surface area contributed by atoms with Gasteiger partial charge in [-0.05, 0) is 37.3 Å². The molecule has 3 rings (SSSR count). The summed E-state index contributed by atoms with van der Waals surface area (Å²) in [6, 6.07) is 8.09. The van der Waals surface area contributed by atoms with E-state index in [1.807, 2.05) is 36.6 Å². The van der Waals surface area contributed by atoms with Crippen molar-refractivity contribution in [2.24, 2.45) is 5.92 Å². The Morgan fingerprint density at radius 3 is 2.59 bits per heavy atom. The van der Waals surface area contributed by atoms with Crippen molar-refractivity contribution in [2.45, 2.75) is 57.1 Å². The van der Waals surface area contributed by atoms with Gasteiger partial charge in [-0.1, -0.05) is 30.3 Å². The molecule has 1 saturated heterocycles. The molecule has 0 bridgehead atoms. The smallest absolute Gasteiger partial charge is 0.408 e. The molecule has 2 aliphatic rings. The molecule has 3 atom stereocenters. The molecule has 2 amide bonds. The van der Waals surface area contributed by atoms with Gasteiger partial charge in [0.1, 0.15) is 12.6 Å². The number of carbonyl (C=O) groups excluding carboxylic acids is 3. The zero-order valence-corrected chi connectivity index (χ0v) is 20.6. The number of ether oxygens (including phenoxy) is 4. The van der Waals surface area contributed by atoms with Gasteiger partial charge in [-0.15, -0.1) is 0 Å². The lowest BCUT2D eigenvalue weighted by molar-refractivity contribution is -0.199. The van der Waals surface area contributed by atoms with Crippen molar-refractivity contribution in [1.82, 2.24) is 10.6 Å². The summed E-state index contributed by atoms with van der Waals surface area (Å²) in [5, 5.41) is 5.65. The van der Waals surface area contributed by atoms with Crippen molar-refractivity contribution in [3.63, 3.8) is 0 Å². The summed E-state index contributed by atoms with van der Waals surface area (Å²) in [6.45, 7) is 3.07. The number of carbonyl (C=O) groups is 3. The number of alkyl carbamates (subject to hydrolysis) is 1. The van der Waals surface area contributed by atoms with Gasteiger partial charge in [0, 0.05) is 18.9 Å². The molecule has 1 aromatic rings. The average molecular weight is 495 g/mol. The first-order valence-corrected chi connectivity index (χ1v) is 13.1. The Balaban J connectivity index is 1.61. The number of nitrogens with one attached hydrogen (secondary N) is 2. The van der Waals surface area contributed by atoms with Crippen LogP contribution in [-0.4, -0.2) is 67.7 Å².